The van der Waals surface area contributed by atoms with E-state index in [4.69, 9.17) is 20.9 Å². The van der Waals surface area contributed by atoms with Crippen LogP contribution in [0, 0.1) is 5.92 Å². The normalized spacial score (nSPS) is 16.8. The third-order valence-corrected chi connectivity index (χ3v) is 5.83. The summed E-state index contributed by atoms with van der Waals surface area (Å²) >= 11 is 6.18. The minimum absolute atomic E-state index is 0.0501. The van der Waals surface area contributed by atoms with Gasteiger partial charge < -0.3 is 14.6 Å². The molecular formula is C23H25ClN4O3. The first-order valence-corrected chi connectivity index (χ1v) is 10.7. The topological polar surface area (TPSA) is 80.5 Å². The summed E-state index contributed by atoms with van der Waals surface area (Å²) in [7, 11) is 1.63. The van der Waals surface area contributed by atoms with Crippen LogP contribution in [0.3, 0.4) is 0 Å². The Morgan fingerprint density at radius 1 is 1.26 bits per heavy atom. The van der Waals surface area contributed by atoms with Crippen LogP contribution in [0.1, 0.15) is 24.3 Å². The van der Waals surface area contributed by atoms with Gasteiger partial charge in [0.2, 0.25) is 17.6 Å². The maximum Gasteiger partial charge on any atom is 0.241 e. The van der Waals surface area contributed by atoms with Gasteiger partial charge in [0.15, 0.2) is 0 Å². The van der Waals surface area contributed by atoms with Crippen molar-refractivity contribution in [3.05, 3.63) is 65.0 Å². The van der Waals surface area contributed by atoms with Crippen LogP contribution in [0.5, 0.6) is 5.75 Å². The monoisotopic (exact) mass is 440 g/mol. The van der Waals surface area contributed by atoms with Crippen LogP contribution in [0.15, 0.2) is 53.1 Å². The summed E-state index contributed by atoms with van der Waals surface area (Å²) in [4.78, 5) is 19.4. The highest BCUT2D eigenvalue weighted by molar-refractivity contribution is 6.31. The lowest BCUT2D eigenvalue weighted by Gasteiger charge is -2.30. The zero-order valence-electron chi connectivity index (χ0n) is 17.4. The average molecular weight is 441 g/mol. The number of carbonyl (C=O) groups is 1. The van der Waals surface area contributed by atoms with Crippen molar-refractivity contribution in [2.24, 2.45) is 5.92 Å². The van der Waals surface area contributed by atoms with Gasteiger partial charge in [0.1, 0.15) is 5.75 Å². The zero-order chi connectivity index (χ0) is 21.6. The Balaban J connectivity index is 1.32. The second kappa shape index (κ2) is 9.94. The van der Waals surface area contributed by atoms with E-state index in [1.165, 1.54) is 0 Å². The summed E-state index contributed by atoms with van der Waals surface area (Å²) in [6.07, 6.45) is 1.81. The molecule has 8 heteroatoms. The molecule has 2 aromatic carbocycles. The molecule has 31 heavy (non-hydrogen) atoms. The zero-order valence-corrected chi connectivity index (χ0v) is 18.1. The molecule has 162 valence electrons. The van der Waals surface area contributed by atoms with Crippen LogP contribution in [-0.4, -0.2) is 41.1 Å². The van der Waals surface area contributed by atoms with Crippen molar-refractivity contribution in [1.29, 1.82) is 0 Å². The lowest BCUT2D eigenvalue weighted by molar-refractivity contribution is -0.127. The van der Waals surface area contributed by atoms with E-state index >= 15 is 0 Å². The number of aromatic nitrogens is 2. The van der Waals surface area contributed by atoms with E-state index < -0.39 is 0 Å². The summed E-state index contributed by atoms with van der Waals surface area (Å²) < 4.78 is 10.6. The molecule has 0 aliphatic carbocycles. The number of carbonyl (C=O) groups excluding carboxylic acids is 1. The lowest BCUT2D eigenvalue weighted by Crippen LogP contribution is -2.42. The standard InChI is InChI=1S/C23H25ClN4O3/c1-30-19-10-8-16(9-11-19)22-26-21(31-27-22)15-28-12-4-6-18(14-28)23(29)25-13-17-5-2-3-7-20(17)24/h2-3,5,7-11,18H,4,6,12-15H2,1H3,(H,25,29). The molecule has 4 rings (SSSR count). The quantitative estimate of drug-likeness (QED) is 0.599. The SMILES string of the molecule is COc1ccc(-c2noc(CN3CCCC(C(=O)NCc4ccccc4Cl)C3)n2)cc1. The molecule has 1 N–H and O–H groups in total. The van der Waals surface area contributed by atoms with E-state index in [-0.39, 0.29) is 11.8 Å². The molecule has 1 atom stereocenters. The number of hydrogen-bond acceptors (Lipinski definition) is 6. The highest BCUT2D eigenvalue weighted by Gasteiger charge is 2.27. The van der Waals surface area contributed by atoms with Gasteiger partial charge in [0.05, 0.1) is 19.6 Å². The molecule has 1 aliphatic heterocycles. The van der Waals surface area contributed by atoms with E-state index in [1.54, 1.807) is 7.11 Å². The number of rotatable bonds is 7. The van der Waals surface area contributed by atoms with Crippen LogP contribution in [0.25, 0.3) is 11.4 Å². The van der Waals surface area contributed by atoms with Gasteiger partial charge in [-0.25, -0.2) is 0 Å². The molecule has 0 saturated carbocycles. The van der Waals surface area contributed by atoms with Crippen molar-refractivity contribution in [3.8, 4) is 17.1 Å². The van der Waals surface area contributed by atoms with Gasteiger partial charge in [-0.3, -0.25) is 9.69 Å². The molecule has 0 radical (unpaired) electrons. The van der Waals surface area contributed by atoms with E-state index in [1.807, 2.05) is 48.5 Å². The van der Waals surface area contributed by atoms with Crippen molar-refractivity contribution >= 4 is 17.5 Å². The molecule has 0 spiro atoms. The number of hydrogen-bond donors (Lipinski definition) is 1. The van der Waals surface area contributed by atoms with E-state index in [9.17, 15) is 4.79 Å². The molecule has 1 amide bonds. The summed E-state index contributed by atoms with van der Waals surface area (Å²) in [5.41, 5.74) is 1.79. The number of halogens is 1. The van der Waals surface area contributed by atoms with Crippen molar-refractivity contribution in [1.82, 2.24) is 20.4 Å². The fraction of sp³-hybridized carbons (Fsp3) is 0.348. The Labute approximate surface area is 186 Å². The summed E-state index contributed by atoms with van der Waals surface area (Å²) in [6, 6.07) is 15.1. The van der Waals surface area contributed by atoms with E-state index in [0.717, 1.165) is 36.3 Å². The Kier molecular flexibility index (Phi) is 6.84. The highest BCUT2D eigenvalue weighted by Crippen LogP contribution is 2.22. The lowest BCUT2D eigenvalue weighted by atomic mass is 9.97. The summed E-state index contributed by atoms with van der Waals surface area (Å²) in [5.74, 6) is 1.85. The second-order valence-electron chi connectivity index (χ2n) is 7.62. The van der Waals surface area contributed by atoms with Crippen LogP contribution in [0.2, 0.25) is 5.02 Å². The number of benzene rings is 2. The number of nitrogens with one attached hydrogen (secondary N) is 1. The maximum atomic E-state index is 12.7. The van der Waals surface area contributed by atoms with Crippen molar-refractivity contribution in [2.75, 3.05) is 20.2 Å². The van der Waals surface area contributed by atoms with Crippen LogP contribution in [0.4, 0.5) is 0 Å². The van der Waals surface area contributed by atoms with Gasteiger partial charge in [-0.15, -0.1) is 0 Å². The Bertz CT molecular complexity index is 1020. The first-order valence-electron chi connectivity index (χ1n) is 10.3. The number of nitrogens with zero attached hydrogens (tertiary/aromatic N) is 3. The average Bonchev–Trinajstić information content (AvgIpc) is 3.27. The number of ether oxygens (including phenoxy) is 1. The molecule has 1 unspecified atom stereocenters. The smallest absolute Gasteiger partial charge is 0.241 e. The Morgan fingerprint density at radius 3 is 2.84 bits per heavy atom. The first-order chi connectivity index (χ1) is 15.1. The van der Waals surface area contributed by atoms with Crippen LogP contribution in [-0.2, 0) is 17.9 Å². The molecule has 1 fully saturated rings. The summed E-state index contributed by atoms with van der Waals surface area (Å²) in [5, 5.41) is 7.77. The number of piperidine rings is 1. The largest absolute Gasteiger partial charge is 0.497 e. The Morgan fingerprint density at radius 2 is 2.06 bits per heavy atom. The fourth-order valence-electron chi connectivity index (χ4n) is 3.75. The van der Waals surface area contributed by atoms with Gasteiger partial charge in [-0.1, -0.05) is 35.0 Å². The molecule has 0 bridgehead atoms. The molecule has 1 aromatic heterocycles. The van der Waals surface area contributed by atoms with Gasteiger partial charge >= 0.3 is 0 Å². The predicted octanol–water partition coefficient (Wildman–Crippen LogP) is 3.93. The fourth-order valence-corrected chi connectivity index (χ4v) is 3.95. The summed E-state index contributed by atoms with van der Waals surface area (Å²) in [6.45, 7) is 2.52. The maximum absolute atomic E-state index is 12.7. The number of methoxy groups -OCH3 is 1. The number of likely N-dealkylation sites (tertiary alicyclic amines) is 1. The van der Waals surface area contributed by atoms with Crippen molar-refractivity contribution in [3.63, 3.8) is 0 Å². The number of amides is 1. The molecular weight excluding hydrogens is 416 g/mol. The minimum Gasteiger partial charge on any atom is -0.497 e. The molecule has 3 aromatic rings. The first kappa shape index (κ1) is 21.3. The van der Waals surface area contributed by atoms with Gasteiger partial charge in [0.25, 0.3) is 0 Å². The predicted molar refractivity (Wildman–Crippen MR) is 118 cm³/mol. The third-order valence-electron chi connectivity index (χ3n) is 5.46. The molecule has 7 nitrogen and oxygen atoms in total. The highest BCUT2D eigenvalue weighted by atomic mass is 35.5. The van der Waals surface area contributed by atoms with Gasteiger partial charge in [0, 0.05) is 23.7 Å². The van der Waals surface area contributed by atoms with Crippen LogP contribution < -0.4 is 10.1 Å². The van der Waals surface area contributed by atoms with E-state index in [0.29, 0.717) is 36.4 Å². The van der Waals surface area contributed by atoms with Crippen LogP contribution >= 0.6 is 11.6 Å². The second-order valence-corrected chi connectivity index (χ2v) is 8.03. The molecule has 2 heterocycles. The van der Waals surface area contributed by atoms with Crippen molar-refractivity contribution < 1.29 is 14.1 Å². The van der Waals surface area contributed by atoms with Gasteiger partial charge in [-0.2, -0.15) is 4.98 Å². The minimum atomic E-state index is -0.0692. The Hall–Kier alpha value is -2.90. The van der Waals surface area contributed by atoms with Gasteiger partial charge in [-0.05, 0) is 55.3 Å². The van der Waals surface area contributed by atoms with Crippen molar-refractivity contribution in [2.45, 2.75) is 25.9 Å². The van der Waals surface area contributed by atoms with E-state index in [2.05, 4.69) is 20.4 Å². The molecule has 1 aliphatic rings. The third kappa shape index (κ3) is 5.42. The molecule has 1 saturated heterocycles.